The quantitative estimate of drug-likeness (QED) is 0.704. The number of rotatable bonds is 8. The summed E-state index contributed by atoms with van der Waals surface area (Å²) in [4.78, 5) is 0. The van der Waals surface area contributed by atoms with E-state index in [0.717, 1.165) is 32.1 Å². The summed E-state index contributed by atoms with van der Waals surface area (Å²) < 4.78 is 38.2. The molecule has 1 atom stereocenters. The zero-order valence-electron chi connectivity index (χ0n) is 16.8. The molecule has 1 aliphatic rings. The van der Waals surface area contributed by atoms with Crippen LogP contribution in [0, 0.1) is 11.7 Å². The third-order valence-electron chi connectivity index (χ3n) is 5.66. The molecular weight excluding hydrogens is 367 g/mol. The lowest BCUT2D eigenvalue weighted by molar-refractivity contribution is 0.146. The summed E-state index contributed by atoms with van der Waals surface area (Å²) in [5.74, 6) is 0.185. The van der Waals surface area contributed by atoms with Crippen molar-refractivity contribution in [2.45, 2.75) is 63.6 Å². The average molecular weight is 401 g/mol. The molecule has 1 saturated carbocycles. The van der Waals surface area contributed by atoms with Gasteiger partial charge in [-0.05, 0) is 69.6 Å². The summed E-state index contributed by atoms with van der Waals surface area (Å²) in [5, 5.41) is 13.7. The topological polar surface area (TPSA) is 69.6 Å². The van der Waals surface area contributed by atoms with Gasteiger partial charge in [-0.3, -0.25) is 0 Å². The van der Waals surface area contributed by atoms with Gasteiger partial charge in [0, 0.05) is 25.2 Å². The van der Waals surface area contributed by atoms with Crippen LogP contribution in [0.4, 0.5) is 4.39 Å². The van der Waals surface area contributed by atoms with Crippen molar-refractivity contribution in [3.63, 3.8) is 0 Å². The Balaban J connectivity index is 1.81. The second-order valence-corrected chi connectivity index (χ2v) is 10.5. The van der Waals surface area contributed by atoms with Gasteiger partial charge in [0.25, 0.3) is 0 Å². The van der Waals surface area contributed by atoms with Gasteiger partial charge in [-0.15, -0.1) is 0 Å². The van der Waals surface area contributed by atoms with Gasteiger partial charge in [0.15, 0.2) is 0 Å². The van der Waals surface area contributed by atoms with Gasteiger partial charge >= 0.3 is 0 Å². The van der Waals surface area contributed by atoms with Gasteiger partial charge in [0.1, 0.15) is 5.82 Å². The molecule has 0 radical (unpaired) electrons. The van der Waals surface area contributed by atoms with Crippen molar-refractivity contribution in [2.75, 3.05) is 19.8 Å². The van der Waals surface area contributed by atoms with Gasteiger partial charge in [-0.1, -0.05) is 12.1 Å². The fourth-order valence-corrected chi connectivity index (χ4v) is 4.73. The largest absolute Gasteiger partial charge is 0.387 e. The second kappa shape index (κ2) is 8.99. The minimum Gasteiger partial charge on any atom is -0.387 e. The third kappa shape index (κ3) is 6.82. The van der Waals surface area contributed by atoms with Crippen LogP contribution in [-0.4, -0.2) is 49.3 Å². The number of sulfonamides is 1. The van der Waals surface area contributed by atoms with Crippen LogP contribution in [0.2, 0.25) is 0 Å². The molecule has 154 valence electrons. The van der Waals surface area contributed by atoms with E-state index in [1.807, 2.05) is 0 Å². The molecule has 0 spiro atoms. The number of hydrogen-bond acceptors (Lipinski definition) is 4. The van der Waals surface area contributed by atoms with E-state index < -0.39 is 16.1 Å². The van der Waals surface area contributed by atoms with Crippen LogP contribution >= 0.6 is 0 Å². The van der Waals surface area contributed by atoms with Crippen molar-refractivity contribution in [3.05, 3.63) is 35.6 Å². The van der Waals surface area contributed by atoms with Crippen molar-refractivity contribution < 1.29 is 17.9 Å². The Morgan fingerprint density at radius 3 is 2.48 bits per heavy atom. The van der Waals surface area contributed by atoms with Crippen LogP contribution in [0.15, 0.2) is 24.3 Å². The van der Waals surface area contributed by atoms with Gasteiger partial charge in [0.05, 0.1) is 12.4 Å². The highest BCUT2D eigenvalue weighted by Gasteiger charge is 2.31. The SMILES string of the molecule is CN(C1CCC(CC(C)(C)NC[C@H](O)c2cccc(F)c2)CC1)S(C)(=O)=O. The minimum absolute atomic E-state index is 0.0992. The molecule has 0 amide bonds. The van der Waals surface area contributed by atoms with Crippen molar-refractivity contribution in [1.82, 2.24) is 9.62 Å². The lowest BCUT2D eigenvalue weighted by atomic mass is 9.79. The monoisotopic (exact) mass is 400 g/mol. The Morgan fingerprint density at radius 2 is 1.93 bits per heavy atom. The molecule has 0 heterocycles. The number of aliphatic hydroxyl groups excluding tert-OH is 1. The van der Waals surface area contributed by atoms with Crippen molar-refractivity contribution in [3.8, 4) is 0 Å². The summed E-state index contributed by atoms with van der Waals surface area (Å²) in [6.45, 7) is 4.59. The lowest BCUT2D eigenvalue weighted by Crippen LogP contribution is -2.44. The zero-order valence-corrected chi connectivity index (χ0v) is 17.6. The van der Waals surface area contributed by atoms with Gasteiger partial charge in [0.2, 0.25) is 10.0 Å². The average Bonchev–Trinajstić information content (AvgIpc) is 2.58. The van der Waals surface area contributed by atoms with Crippen LogP contribution < -0.4 is 5.32 Å². The van der Waals surface area contributed by atoms with Crippen molar-refractivity contribution in [2.24, 2.45) is 5.92 Å². The van der Waals surface area contributed by atoms with E-state index in [1.54, 1.807) is 19.2 Å². The maximum atomic E-state index is 13.3. The highest BCUT2D eigenvalue weighted by Crippen LogP contribution is 2.33. The van der Waals surface area contributed by atoms with Crippen LogP contribution in [0.25, 0.3) is 0 Å². The van der Waals surface area contributed by atoms with E-state index in [2.05, 4.69) is 19.2 Å². The number of nitrogens with zero attached hydrogens (tertiary/aromatic N) is 1. The fraction of sp³-hybridized carbons (Fsp3) is 0.700. The zero-order chi connectivity index (χ0) is 20.2. The number of hydrogen-bond donors (Lipinski definition) is 2. The molecule has 1 aliphatic carbocycles. The molecule has 1 aromatic carbocycles. The second-order valence-electron chi connectivity index (χ2n) is 8.49. The maximum Gasteiger partial charge on any atom is 0.211 e. The molecule has 0 aromatic heterocycles. The molecule has 1 aromatic rings. The molecule has 5 nitrogen and oxygen atoms in total. The molecule has 0 unspecified atom stereocenters. The Hall–Kier alpha value is -1.02. The molecule has 0 bridgehead atoms. The smallest absolute Gasteiger partial charge is 0.211 e. The Kier molecular flexibility index (Phi) is 7.41. The molecule has 0 saturated heterocycles. The molecule has 1 fully saturated rings. The number of halogens is 1. The minimum atomic E-state index is -3.14. The Labute approximate surface area is 163 Å². The number of nitrogens with one attached hydrogen (secondary N) is 1. The number of aliphatic hydroxyl groups is 1. The highest BCUT2D eigenvalue weighted by molar-refractivity contribution is 7.88. The third-order valence-corrected chi connectivity index (χ3v) is 7.00. The van der Waals surface area contributed by atoms with Crippen LogP contribution in [0.5, 0.6) is 0 Å². The normalized spacial score (nSPS) is 22.8. The first-order valence-corrected chi connectivity index (χ1v) is 11.4. The Bertz CT molecular complexity index is 716. The van der Waals surface area contributed by atoms with E-state index in [1.165, 1.54) is 22.7 Å². The summed E-state index contributed by atoms with van der Waals surface area (Å²) >= 11 is 0. The van der Waals surface area contributed by atoms with Crippen LogP contribution in [0.1, 0.15) is 57.6 Å². The molecule has 0 aliphatic heterocycles. The van der Waals surface area contributed by atoms with Crippen molar-refractivity contribution in [1.29, 1.82) is 0 Å². The molecular formula is C20H33FN2O3S. The first-order chi connectivity index (χ1) is 12.5. The van der Waals surface area contributed by atoms with E-state index in [4.69, 9.17) is 0 Å². The summed E-state index contributed by atoms with van der Waals surface area (Å²) in [7, 11) is -1.47. The standard InChI is InChI=1S/C20H33FN2O3S/c1-20(2,22-14-19(24)16-6-5-7-17(21)12-16)13-15-8-10-18(11-9-15)23(3)27(4,25)26/h5-7,12,15,18-19,22,24H,8-11,13-14H2,1-4H3/t15?,18?,19-/m0/s1. The molecule has 7 heteroatoms. The van der Waals surface area contributed by atoms with Gasteiger partial charge < -0.3 is 10.4 Å². The number of benzene rings is 1. The molecule has 2 N–H and O–H groups in total. The lowest BCUT2D eigenvalue weighted by Gasteiger charge is -2.37. The predicted octanol–water partition coefficient (Wildman–Crippen LogP) is 3.07. The maximum absolute atomic E-state index is 13.3. The van der Waals surface area contributed by atoms with E-state index >= 15 is 0 Å². The van der Waals surface area contributed by atoms with Crippen LogP contribution in [0.3, 0.4) is 0 Å². The summed E-state index contributed by atoms with van der Waals surface area (Å²) in [5.41, 5.74) is 0.414. The summed E-state index contributed by atoms with van der Waals surface area (Å²) in [6, 6.07) is 6.15. The first-order valence-electron chi connectivity index (χ1n) is 9.59. The van der Waals surface area contributed by atoms with E-state index in [0.29, 0.717) is 18.0 Å². The summed E-state index contributed by atoms with van der Waals surface area (Å²) in [6.07, 6.45) is 5.24. The van der Waals surface area contributed by atoms with Crippen LogP contribution in [-0.2, 0) is 10.0 Å². The molecule has 2 rings (SSSR count). The highest BCUT2D eigenvalue weighted by atomic mass is 32.2. The van der Waals surface area contributed by atoms with E-state index in [-0.39, 0.29) is 17.4 Å². The first kappa shape index (κ1) is 22.3. The van der Waals surface area contributed by atoms with Gasteiger partial charge in [-0.25, -0.2) is 17.1 Å². The Morgan fingerprint density at radius 1 is 1.30 bits per heavy atom. The fourth-order valence-electron chi connectivity index (χ4n) is 3.98. The van der Waals surface area contributed by atoms with Crippen molar-refractivity contribution >= 4 is 10.0 Å². The molecule has 27 heavy (non-hydrogen) atoms. The van der Waals surface area contributed by atoms with Gasteiger partial charge in [-0.2, -0.15) is 0 Å². The predicted molar refractivity (Wildman–Crippen MR) is 106 cm³/mol. The van der Waals surface area contributed by atoms with E-state index in [9.17, 15) is 17.9 Å². The number of β-amino-alcohol motifs (C(OH)–C–C–N with tert-alkyl or cyclic N) is 1.